The standard InChI is InChI=1S/C11H9BrClNO2/c1-2-16-11(15)9-3-7(5-12)10(13)4-8(9)6-14/h3-4H,2,5H2,1H3. The van der Waals surface area contributed by atoms with E-state index in [1.165, 1.54) is 6.07 Å². The first kappa shape index (κ1) is 13.0. The summed E-state index contributed by atoms with van der Waals surface area (Å²) in [4.78, 5) is 11.6. The SMILES string of the molecule is CCOC(=O)c1cc(CBr)c(Cl)cc1C#N. The maximum Gasteiger partial charge on any atom is 0.339 e. The van der Waals surface area contributed by atoms with Crippen LogP contribution < -0.4 is 0 Å². The molecule has 0 aliphatic rings. The van der Waals surface area contributed by atoms with Crippen molar-refractivity contribution >= 4 is 33.5 Å². The van der Waals surface area contributed by atoms with E-state index in [1.54, 1.807) is 13.0 Å². The third-order valence-electron chi connectivity index (χ3n) is 1.95. The molecule has 0 aliphatic heterocycles. The van der Waals surface area contributed by atoms with Gasteiger partial charge in [-0.05, 0) is 24.6 Å². The highest BCUT2D eigenvalue weighted by molar-refractivity contribution is 9.08. The molecule has 0 heterocycles. The van der Waals surface area contributed by atoms with Crippen LogP contribution in [0.1, 0.15) is 28.4 Å². The zero-order valence-electron chi connectivity index (χ0n) is 8.59. The Bertz CT molecular complexity index is 454. The number of benzene rings is 1. The number of ether oxygens (including phenoxy) is 1. The minimum Gasteiger partial charge on any atom is -0.462 e. The van der Waals surface area contributed by atoms with E-state index in [1.807, 2.05) is 6.07 Å². The lowest BCUT2D eigenvalue weighted by Gasteiger charge is -2.07. The molecular weight excluding hydrogens is 293 g/mol. The lowest BCUT2D eigenvalue weighted by molar-refractivity contribution is 0.0526. The molecule has 84 valence electrons. The number of halogens is 2. The number of carbonyl (C=O) groups is 1. The lowest BCUT2D eigenvalue weighted by Crippen LogP contribution is -2.07. The van der Waals surface area contributed by atoms with Gasteiger partial charge in [0.1, 0.15) is 6.07 Å². The molecule has 1 aromatic rings. The molecule has 0 saturated heterocycles. The van der Waals surface area contributed by atoms with E-state index in [4.69, 9.17) is 21.6 Å². The second-order valence-corrected chi connectivity index (χ2v) is 3.92. The number of nitrogens with zero attached hydrogens (tertiary/aromatic N) is 1. The Labute approximate surface area is 107 Å². The van der Waals surface area contributed by atoms with Gasteiger partial charge < -0.3 is 4.74 Å². The number of rotatable bonds is 3. The van der Waals surface area contributed by atoms with Gasteiger partial charge >= 0.3 is 5.97 Å². The molecule has 0 aromatic heterocycles. The van der Waals surface area contributed by atoms with E-state index in [2.05, 4.69) is 15.9 Å². The lowest BCUT2D eigenvalue weighted by atomic mass is 10.1. The zero-order chi connectivity index (χ0) is 12.1. The van der Waals surface area contributed by atoms with Gasteiger partial charge in [0, 0.05) is 10.4 Å². The van der Waals surface area contributed by atoms with Crippen molar-refractivity contribution in [1.82, 2.24) is 0 Å². The summed E-state index contributed by atoms with van der Waals surface area (Å²) in [6.07, 6.45) is 0. The van der Waals surface area contributed by atoms with Crippen molar-refractivity contribution in [2.45, 2.75) is 12.3 Å². The van der Waals surface area contributed by atoms with Crippen molar-refractivity contribution in [2.75, 3.05) is 6.61 Å². The molecule has 0 amide bonds. The molecule has 0 atom stereocenters. The molecule has 0 fully saturated rings. The van der Waals surface area contributed by atoms with Crippen LogP contribution in [-0.2, 0) is 10.1 Å². The monoisotopic (exact) mass is 301 g/mol. The summed E-state index contributed by atoms with van der Waals surface area (Å²) in [5.74, 6) is -0.502. The van der Waals surface area contributed by atoms with Gasteiger partial charge in [0.15, 0.2) is 0 Å². The van der Waals surface area contributed by atoms with Gasteiger partial charge in [-0.3, -0.25) is 0 Å². The third kappa shape index (κ3) is 2.75. The van der Waals surface area contributed by atoms with Crippen molar-refractivity contribution in [2.24, 2.45) is 0 Å². The van der Waals surface area contributed by atoms with Crippen LogP contribution in [0.4, 0.5) is 0 Å². The first-order valence-corrected chi connectivity index (χ1v) is 6.09. The van der Waals surface area contributed by atoms with Gasteiger partial charge in [-0.15, -0.1) is 0 Å². The molecule has 0 bridgehead atoms. The molecule has 16 heavy (non-hydrogen) atoms. The van der Waals surface area contributed by atoms with Crippen LogP contribution in [0.3, 0.4) is 0 Å². The average molecular weight is 303 g/mol. The van der Waals surface area contributed by atoms with Gasteiger partial charge in [0.2, 0.25) is 0 Å². The van der Waals surface area contributed by atoms with Crippen LogP contribution >= 0.6 is 27.5 Å². The Kier molecular flexibility index (Phi) is 4.78. The van der Waals surface area contributed by atoms with Crippen molar-refractivity contribution in [3.05, 3.63) is 33.8 Å². The Morgan fingerprint density at radius 2 is 2.31 bits per heavy atom. The molecule has 1 rings (SSSR count). The average Bonchev–Trinajstić information content (AvgIpc) is 2.28. The van der Waals surface area contributed by atoms with E-state index < -0.39 is 5.97 Å². The zero-order valence-corrected chi connectivity index (χ0v) is 10.9. The van der Waals surface area contributed by atoms with Gasteiger partial charge in [0.25, 0.3) is 0 Å². The third-order valence-corrected chi connectivity index (χ3v) is 2.90. The van der Waals surface area contributed by atoms with Crippen LogP contribution in [0.15, 0.2) is 12.1 Å². The number of alkyl halides is 1. The van der Waals surface area contributed by atoms with E-state index >= 15 is 0 Å². The van der Waals surface area contributed by atoms with E-state index in [0.29, 0.717) is 10.4 Å². The highest BCUT2D eigenvalue weighted by atomic mass is 79.9. The summed E-state index contributed by atoms with van der Waals surface area (Å²) in [5.41, 5.74) is 1.24. The first-order valence-electron chi connectivity index (χ1n) is 4.59. The molecule has 0 radical (unpaired) electrons. The molecule has 0 aliphatic carbocycles. The second-order valence-electron chi connectivity index (χ2n) is 2.96. The van der Waals surface area contributed by atoms with E-state index in [9.17, 15) is 4.79 Å². The van der Waals surface area contributed by atoms with Crippen LogP contribution in [0.2, 0.25) is 5.02 Å². The van der Waals surface area contributed by atoms with Crippen molar-refractivity contribution in [3.8, 4) is 6.07 Å². The predicted molar refractivity (Wildman–Crippen MR) is 64.8 cm³/mol. The van der Waals surface area contributed by atoms with E-state index in [-0.39, 0.29) is 17.7 Å². The first-order chi connectivity index (χ1) is 7.63. The number of hydrogen-bond acceptors (Lipinski definition) is 3. The summed E-state index contributed by atoms with van der Waals surface area (Å²) < 4.78 is 4.86. The smallest absolute Gasteiger partial charge is 0.339 e. The minimum absolute atomic E-state index is 0.230. The maximum absolute atomic E-state index is 11.6. The number of esters is 1. The Morgan fingerprint density at radius 3 is 2.81 bits per heavy atom. The summed E-state index contributed by atoms with van der Waals surface area (Å²) in [7, 11) is 0. The molecule has 1 aromatic carbocycles. The highest BCUT2D eigenvalue weighted by Crippen LogP contribution is 2.24. The molecule has 5 heteroatoms. The molecule has 0 N–H and O–H groups in total. The fourth-order valence-electron chi connectivity index (χ4n) is 1.19. The van der Waals surface area contributed by atoms with Crippen molar-refractivity contribution in [3.63, 3.8) is 0 Å². The minimum atomic E-state index is -0.502. The van der Waals surface area contributed by atoms with Crippen LogP contribution in [0.25, 0.3) is 0 Å². The van der Waals surface area contributed by atoms with Crippen molar-refractivity contribution < 1.29 is 9.53 Å². The summed E-state index contributed by atoms with van der Waals surface area (Å²) in [6, 6.07) is 4.98. The molecule has 3 nitrogen and oxygen atoms in total. The van der Waals surface area contributed by atoms with Gasteiger partial charge in [-0.25, -0.2) is 4.79 Å². The fraction of sp³-hybridized carbons (Fsp3) is 0.273. The Balaban J connectivity index is 3.26. The molecule has 0 unspecified atom stereocenters. The normalized spacial score (nSPS) is 9.62. The predicted octanol–water partition coefficient (Wildman–Crippen LogP) is 3.28. The van der Waals surface area contributed by atoms with Crippen LogP contribution in [0, 0.1) is 11.3 Å². The van der Waals surface area contributed by atoms with Crippen molar-refractivity contribution in [1.29, 1.82) is 5.26 Å². The second kappa shape index (κ2) is 5.88. The van der Waals surface area contributed by atoms with Gasteiger partial charge in [0.05, 0.1) is 17.7 Å². The molecule has 0 saturated carbocycles. The quantitative estimate of drug-likeness (QED) is 0.636. The summed E-state index contributed by atoms with van der Waals surface area (Å²) >= 11 is 9.19. The summed E-state index contributed by atoms with van der Waals surface area (Å²) in [6.45, 7) is 1.99. The molecule has 0 spiro atoms. The number of nitriles is 1. The van der Waals surface area contributed by atoms with E-state index in [0.717, 1.165) is 5.56 Å². The summed E-state index contributed by atoms with van der Waals surface area (Å²) in [5, 5.41) is 9.87. The number of carbonyl (C=O) groups excluding carboxylic acids is 1. The van der Waals surface area contributed by atoms with Crippen LogP contribution in [0.5, 0.6) is 0 Å². The molecular formula is C11H9BrClNO2. The topological polar surface area (TPSA) is 50.1 Å². The van der Waals surface area contributed by atoms with Gasteiger partial charge in [-0.2, -0.15) is 5.26 Å². The number of hydrogen-bond donors (Lipinski definition) is 0. The Hall–Kier alpha value is -1.05. The Morgan fingerprint density at radius 1 is 1.62 bits per heavy atom. The fourth-order valence-corrected chi connectivity index (χ4v) is 2.05. The largest absolute Gasteiger partial charge is 0.462 e. The highest BCUT2D eigenvalue weighted by Gasteiger charge is 2.15. The van der Waals surface area contributed by atoms with Gasteiger partial charge in [-0.1, -0.05) is 27.5 Å². The van der Waals surface area contributed by atoms with Crippen LogP contribution in [-0.4, -0.2) is 12.6 Å². The maximum atomic E-state index is 11.6.